The molecule has 10 heteroatoms. The Morgan fingerprint density at radius 3 is 2.58 bits per heavy atom. The summed E-state index contributed by atoms with van der Waals surface area (Å²) in [7, 11) is 0. The number of nitrogens with zero attached hydrogens (tertiary/aromatic N) is 3. The number of nitro groups is 1. The minimum Gasteiger partial charge on any atom is -0.358 e. The van der Waals surface area contributed by atoms with Crippen LogP contribution < -0.4 is 0 Å². The van der Waals surface area contributed by atoms with Gasteiger partial charge in [0, 0.05) is 6.42 Å². The third-order valence-corrected chi connectivity index (χ3v) is 2.26. The second-order valence-corrected chi connectivity index (χ2v) is 3.69. The van der Waals surface area contributed by atoms with Crippen molar-refractivity contribution in [2.45, 2.75) is 32.2 Å². The van der Waals surface area contributed by atoms with Crippen molar-refractivity contribution in [3.05, 3.63) is 22.1 Å². The summed E-state index contributed by atoms with van der Waals surface area (Å²) in [5.41, 5.74) is -0.439. The van der Waals surface area contributed by atoms with E-state index in [0.29, 0.717) is 0 Å². The normalized spacial score (nSPS) is 11.6. The third-order valence-electron chi connectivity index (χ3n) is 2.26. The number of hydrogen-bond donors (Lipinski definition) is 0. The van der Waals surface area contributed by atoms with Crippen LogP contribution in [0.4, 0.5) is 23.4 Å². The van der Waals surface area contributed by atoms with Crippen LogP contribution >= 0.6 is 0 Å². The Balaban J connectivity index is 2.72. The molecule has 106 valence electrons. The van der Waals surface area contributed by atoms with Crippen LogP contribution in [-0.2, 0) is 18.0 Å². The Kier molecular flexibility index (Phi) is 4.57. The van der Waals surface area contributed by atoms with Gasteiger partial charge < -0.3 is 10.1 Å². The molecular weight excluding hydrogens is 273 g/mol. The molecule has 0 atom stereocenters. The van der Waals surface area contributed by atoms with Crippen molar-refractivity contribution >= 4 is 11.6 Å². The molecule has 0 radical (unpaired) electrons. The van der Waals surface area contributed by atoms with Gasteiger partial charge in [-0.15, -0.1) is 0 Å². The van der Waals surface area contributed by atoms with E-state index >= 15 is 0 Å². The molecular formula is C9H9F4N3O3. The first-order valence-corrected chi connectivity index (χ1v) is 5.07. The Labute approximate surface area is 104 Å². The summed E-state index contributed by atoms with van der Waals surface area (Å²) in [5.74, 6) is -1.55. The molecule has 0 fully saturated rings. The largest absolute Gasteiger partial charge is 0.389 e. The maximum Gasteiger partial charge on any atom is 0.389 e. The van der Waals surface area contributed by atoms with E-state index in [-0.39, 0.29) is 0 Å². The molecule has 0 N–H and O–H groups in total. The summed E-state index contributed by atoms with van der Waals surface area (Å²) in [6.45, 7) is -1.81. The number of halogens is 4. The van der Waals surface area contributed by atoms with Crippen LogP contribution in [0.25, 0.3) is 0 Å². The zero-order chi connectivity index (χ0) is 14.6. The van der Waals surface area contributed by atoms with Crippen molar-refractivity contribution in [2.75, 3.05) is 0 Å². The molecule has 0 aliphatic carbocycles. The minimum atomic E-state index is -4.46. The van der Waals surface area contributed by atoms with Gasteiger partial charge in [-0.2, -0.15) is 13.2 Å². The number of carbonyl (C=O) groups excluding carboxylic acids is 1. The van der Waals surface area contributed by atoms with Crippen LogP contribution in [0.3, 0.4) is 0 Å². The smallest absolute Gasteiger partial charge is 0.358 e. The van der Waals surface area contributed by atoms with Gasteiger partial charge in [-0.25, -0.2) is 4.39 Å². The fourth-order valence-corrected chi connectivity index (χ4v) is 1.37. The van der Waals surface area contributed by atoms with Crippen LogP contribution in [-0.4, -0.2) is 26.4 Å². The van der Waals surface area contributed by atoms with Crippen molar-refractivity contribution in [2.24, 2.45) is 0 Å². The molecule has 19 heavy (non-hydrogen) atoms. The molecule has 1 aromatic heterocycles. The van der Waals surface area contributed by atoms with E-state index < -0.39 is 54.5 Å². The first-order valence-electron chi connectivity index (χ1n) is 5.07. The Hall–Kier alpha value is -2.00. The maximum atomic E-state index is 12.6. The standard InChI is InChI=1S/C9H9F4N3O3/c10-3-7-8(16(18)19)14-5-15(7)4-6(17)1-2-9(11,12)13/h5H,1-4H2/i10-1. The van der Waals surface area contributed by atoms with Crippen LogP contribution in [0.1, 0.15) is 18.5 Å². The fourth-order valence-electron chi connectivity index (χ4n) is 1.37. The first-order chi connectivity index (χ1) is 8.74. The molecule has 0 aromatic carbocycles. The van der Waals surface area contributed by atoms with Crippen LogP contribution in [0.5, 0.6) is 0 Å². The molecule has 0 aliphatic heterocycles. The minimum absolute atomic E-state index is 0.439. The van der Waals surface area contributed by atoms with Crippen molar-refractivity contribution in [1.82, 2.24) is 9.55 Å². The number of Topliss-reactive ketones (excluding diaryl/α,β-unsaturated/α-hetero) is 1. The molecule has 0 saturated carbocycles. The van der Waals surface area contributed by atoms with E-state index in [9.17, 15) is 32.5 Å². The summed E-state index contributed by atoms with van der Waals surface area (Å²) < 4.78 is 49.1. The highest BCUT2D eigenvalue weighted by Crippen LogP contribution is 2.22. The lowest BCUT2D eigenvalue weighted by molar-refractivity contribution is -0.390. The van der Waals surface area contributed by atoms with Gasteiger partial charge in [0.05, 0.1) is 13.0 Å². The zero-order valence-electron chi connectivity index (χ0n) is 9.48. The number of rotatable bonds is 6. The molecule has 1 aromatic rings. The van der Waals surface area contributed by atoms with Gasteiger partial charge in [0.25, 0.3) is 0 Å². The quantitative estimate of drug-likeness (QED) is 0.455. The lowest BCUT2D eigenvalue weighted by atomic mass is 10.2. The van der Waals surface area contributed by atoms with E-state index in [1.165, 1.54) is 0 Å². The van der Waals surface area contributed by atoms with Crippen LogP contribution in [0.2, 0.25) is 0 Å². The molecule has 0 aliphatic rings. The van der Waals surface area contributed by atoms with E-state index in [2.05, 4.69) is 4.98 Å². The van der Waals surface area contributed by atoms with Gasteiger partial charge in [0.2, 0.25) is 6.33 Å². The molecule has 1 heterocycles. The number of ketones is 1. The van der Waals surface area contributed by atoms with Gasteiger partial charge in [-0.05, 0) is 9.91 Å². The first kappa shape index (κ1) is 15.1. The SMILES string of the molecule is O=C(CCC(F)(F)F)Cn1cnc([N+](=O)[O-])c1C[18F]. The molecule has 1 rings (SSSR count). The Morgan fingerprint density at radius 2 is 2.11 bits per heavy atom. The molecule has 0 spiro atoms. The van der Waals surface area contributed by atoms with Crippen molar-refractivity contribution in [3.63, 3.8) is 0 Å². The topological polar surface area (TPSA) is 78.0 Å². The number of imidazole rings is 1. The summed E-state index contributed by atoms with van der Waals surface area (Å²) in [6.07, 6.45) is -5.65. The maximum absolute atomic E-state index is 12.6. The van der Waals surface area contributed by atoms with Crippen molar-refractivity contribution in [3.8, 4) is 0 Å². The Bertz CT molecular complexity index is 484. The summed E-state index contributed by atoms with van der Waals surface area (Å²) >= 11 is 0. The van der Waals surface area contributed by atoms with Crippen LogP contribution in [0.15, 0.2) is 6.33 Å². The second kappa shape index (κ2) is 5.76. The second-order valence-electron chi connectivity index (χ2n) is 3.69. The van der Waals surface area contributed by atoms with E-state index in [1.54, 1.807) is 0 Å². The number of hydrogen-bond acceptors (Lipinski definition) is 4. The van der Waals surface area contributed by atoms with E-state index in [4.69, 9.17) is 0 Å². The third kappa shape index (κ3) is 4.30. The van der Waals surface area contributed by atoms with E-state index in [0.717, 1.165) is 10.9 Å². The number of alkyl halides is 4. The predicted molar refractivity (Wildman–Crippen MR) is 54.0 cm³/mol. The monoisotopic (exact) mass is 282 g/mol. The summed E-state index contributed by atoms with van der Waals surface area (Å²) in [5, 5.41) is 10.5. The van der Waals surface area contributed by atoms with Crippen LogP contribution in [0, 0.1) is 10.1 Å². The highest BCUT2D eigenvalue weighted by Gasteiger charge is 2.28. The molecule has 6 nitrogen and oxygen atoms in total. The molecule has 0 unspecified atom stereocenters. The molecule has 0 bridgehead atoms. The van der Waals surface area contributed by atoms with Crippen molar-refractivity contribution < 1.29 is 27.3 Å². The predicted octanol–water partition coefficient (Wildman–Crippen LogP) is 2.17. The lowest BCUT2D eigenvalue weighted by Crippen LogP contribution is -2.16. The highest BCUT2D eigenvalue weighted by molar-refractivity contribution is 5.78. The summed E-state index contributed by atoms with van der Waals surface area (Å²) in [6, 6.07) is 0. The van der Waals surface area contributed by atoms with Crippen molar-refractivity contribution in [1.29, 1.82) is 0 Å². The fraction of sp³-hybridized carbons (Fsp3) is 0.556. The average molecular weight is 282 g/mol. The van der Waals surface area contributed by atoms with Gasteiger partial charge in [-0.1, -0.05) is 0 Å². The average Bonchev–Trinajstić information content (AvgIpc) is 2.68. The molecule has 0 amide bonds. The van der Waals surface area contributed by atoms with Gasteiger partial charge in [0.1, 0.15) is 6.67 Å². The summed E-state index contributed by atoms with van der Waals surface area (Å²) in [4.78, 5) is 24.1. The van der Waals surface area contributed by atoms with Gasteiger partial charge in [0.15, 0.2) is 11.5 Å². The zero-order valence-corrected chi connectivity index (χ0v) is 9.48. The highest BCUT2D eigenvalue weighted by atomic mass is 19.4. The number of aromatic nitrogens is 2. The van der Waals surface area contributed by atoms with E-state index in [1.807, 2.05) is 0 Å². The Morgan fingerprint density at radius 1 is 1.47 bits per heavy atom. The van der Waals surface area contributed by atoms with Gasteiger partial charge >= 0.3 is 12.0 Å². The molecule has 0 saturated heterocycles. The van der Waals surface area contributed by atoms with Gasteiger partial charge in [-0.3, -0.25) is 9.36 Å². The number of carbonyl (C=O) groups is 1. The lowest BCUT2D eigenvalue weighted by Gasteiger charge is -2.06.